The van der Waals surface area contributed by atoms with E-state index in [-0.39, 0.29) is 31.4 Å². The Kier molecular flexibility index (Phi) is 4.89. The van der Waals surface area contributed by atoms with Crippen molar-refractivity contribution < 1.29 is 29.0 Å². The number of carboxylic acid groups (broad SMARTS) is 1. The van der Waals surface area contributed by atoms with Gasteiger partial charge in [-0.15, -0.1) is 0 Å². The smallest absolute Gasteiger partial charge is 0.334 e. The fourth-order valence-electron chi connectivity index (χ4n) is 3.14. The van der Waals surface area contributed by atoms with Crippen molar-refractivity contribution in [1.29, 1.82) is 0 Å². The summed E-state index contributed by atoms with van der Waals surface area (Å²) < 4.78 is 10.2. The van der Waals surface area contributed by atoms with E-state index in [9.17, 15) is 14.4 Å². The second-order valence-corrected chi connectivity index (χ2v) is 6.09. The molecular weight excluding hydrogens is 328 g/mol. The van der Waals surface area contributed by atoms with Crippen LogP contribution in [0.25, 0.3) is 0 Å². The molecule has 0 unspecified atom stereocenters. The van der Waals surface area contributed by atoms with Gasteiger partial charge in [0, 0.05) is 25.2 Å². The molecule has 134 valence electrons. The van der Waals surface area contributed by atoms with Crippen molar-refractivity contribution >= 4 is 23.5 Å². The second-order valence-electron chi connectivity index (χ2n) is 6.09. The number of carboxylic acids is 1. The van der Waals surface area contributed by atoms with E-state index >= 15 is 0 Å². The van der Waals surface area contributed by atoms with Gasteiger partial charge in [-0.25, -0.2) is 4.79 Å². The summed E-state index contributed by atoms with van der Waals surface area (Å²) in [6.07, 6.45) is -0.882. The Morgan fingerprint density at radius 2 is 1.96 bits per heavy atom. The van der Waals surface area contributed by atoms with Gasteiger partial charge in [0.15, 0.2) is 6.10 Å². The molecule has 3 rings (SSSR count). The lowest BCUT2D eigenvalue weighted by Gasteiger charge is -2.32. The number of hydrogen-bond acceptors (Lipinski definition) is 5. The summed E-state index contributed by atoms with van der Waals surface area (Å²) in [4.78, 5) is 39.1. The molecule has 0 spiro atoms. The number of anilines is 1. The number of methoxy groups -OCH3 is 1. The number of benzene rings is 1. The summed E-state index contributed by atoms with van der Waals surface area (Å²) in [6.45, 7) is 0.835. The third-order valence-electron chi connectivity index (χ3n) is 4.51. The van der Waals surface area contributed by atoms with Crippen molar-refractivity contribution in [3.05, 3.63) is 24.3 Å². The average Bonchev–Trinajstić information content (AvgIpc) is 3.03. The molecule has 25 heavy (non-hydrogen) atoms. The predicted molar refractivity (Wildman–Crippen MR) is 87.4 cm³/mol. The Bertz CT molecular complexity index is 674. The summed E-state index contributed by atoms with van der Waals surface area (Å²) in [5.41, 5.74) is 0.714. The number of amides is 2. The number of hydrogen-bond donors (Lipinski definition) is 1. The van der Waals surface area contributed by atoms with Gasteiger partial charge in [0.2, 0.25) is 11.8 Å². The molecule has 0 radical (unpaired) electrons. The van der Waals surface area contributed by atoms with Crippen LogP contribution in [0.2, 0.25) is 0 Å². The number of aliphatic carboxylic acids is 1. The molecule has 8 nitrogen and oxygen atoms in total. The lowest BCUT2D eigenvalue weighted by molar-refractivity contribution is -0.160. The first-order valence-corrected chi connectivity index (χ1v) is 8.07. The maximum Gasteiger partial charge on any atom is 0.334 e. The second kappa shape index (κ2) is 7.10. The molecule has 2 aliphatic heterocycles. The molecular formula is C17H20N2O6. The van der Waals surface area contributed by atoms with E-state index < -0.39 is 18.0 Å². The van der Waals surface area contributed by atoms with Crippen LogP contribution in [0.3, 0.4) is 0 Å². The van der Waals surface area contributed by atoms with Crippen LogP contribution in [0.15, 0.2) is 24.3 Å². The van der Waals surface area contributed by atoms with Crippen LogP contribution >= 0.6 is 0 Å². The summed E-state index contributed by atoms with van der Waals surface area (Å²) in [5, 5.41) is 9.04. The van der Waals surface area contributed by atoms with Gasteiger partial charge in [-0.1, -0.05) is 0 Å². The molecule has 2 atom stereocenters. The first kappa shape index (κ1) is 17.2. The van der Waals surface area contributed by atoms with Gasteiger partial charge < -0.3 is 24.4 Å². The minimum Gasteiger partial charge on any atom is -0.497 e. The van der Waals surface area contributed by atoms with Crippen molar-refractivity contribution in [2.24, 2.45) is 5.92 Å². The minimum atomic E-state index is -1.08. The molecule has 0 aliphatic carbocycles. The lowest BCUT2D eigenvalue weighted by Crippen LogP contribution is -2.50. The van der Waals surface area contributed by atoms with Crippen molar-refractivity contribution in [2.75, 3.05) is 38.3 Å². The maximum atomic E-state index is 12.7. The molecule has 1 aromatic rings. The molecule has 0 aromatic heterocycles. The summed E-state index contributed by atoms with van der Waals surface area (Å²) in [5.74, 6) is -1.18. The van der Waals surface area contributed by atoms with Gasteiger partial charge in [-0.2, -0.15) is 0 Å². The summed E-state index contributed by atoms with van der Waals surface area (Å²) in [6, 6.07) is 7.08. The number of nitrogens with zero attached hydrogens (tertiary/aromatic N) is 2. The number of carbonyl (C=O) groups excluding carboxylic acids is 2. The van der Waals surface area contributed by atoms with Gasteiger partial charge in [-0.05, 0) is 24.3 Å². The van der Waals surface area contributed by atoms with Gasteiger partial charge >= 0.3 is 5.97 Å². The maximum absolute atomic E-state index is 12.7. The van der Waals surface area contributed by atoms with Crippen LogP contribution < -0.4 is 9.64 Å². The number of morpholine rings is 1. The Labute approximate surface area is 144 Å². The largest absolute Gasteiger partial charge is 0.497 e. The number of carbonyl (C=O) groups is 3. The zero-order valence-electron chi connectivity index (χ0n) is 13.9. The van der Waals surface area contributed by atoms with Crippen LogP contribution in [-0.4, -0.2) is 67.2 Å². The van der Waals surface area contributed by atoms with E-state index in [2.05, 4.69) is 0 Å². The van der Waals surface area contributed by atoms with E-state index in [1.54, 1.807) is 36.3 Å². The predicted octanol–water partition coefficient (Wildman–Crippen LogP) is 0.360. The Balaban J connectivity index is 1.66. The van der Waals surface area contributed by atoms with Gasteiger partial charge in [0.05, 0.1) is 26.2 Å². The molecule has 2 amide bonds. The van der Waals surface area contributed by atoms with Crippen molar-refractivity contribution in [2.45, 2.75) is 12.5 Å². The van der Waals surface area contributed by atoms with E-state index in [0.717, 1.165) is 0 Å². The van der Waals surface area contributed by atoms with Crippen LogP contribution in [0.5, 0.6) is 5.75 Å². The molecule has 0 saturated carbocycles. The van der Waals surface area contributed by atoms with Crippen molar-refractivity contribution in [3.8, 4) is 5.75 Å². The first-order chi connectivity index (χ1) is 12.0. The van der Waals surface area contributed by atoms with Crippen LogP contribution in [0, 0.1) is 5.92 Å². The highest BCUT2D eigenvalue weighted by molar-refractivity contribution is 6.00. The molecule has 2 fully saturated rings. The van der Waals surface area contributed by atoms with Crippen molar-refractivity contribution in [1.82, 2.24) is 4.90 Å². The SMILES string of the molecule is COc1ccc(N2C[C@@H](C(=O)N3CCO[C@@H](C(=O)O)C3)CC2=O)cc1. The monoisotopic (exact) mass is 348 g/mol. The standard InChI is InChI=1S/C17H20N2O6/c1-24-13-4-2-12(3-5-13)19-9-11(8-15(19)20)16(21)18-6-7-25-14(10-18)17(22)23/h2-5,11,14H,6-10H2,1H3,(H,22,23)/t11-,14+/m0/s1. The fourth-order valence-corrected chi connectivity index (χ4v) is 3.14. The lowest BCUT2D eigenvalue weighted by atomic mass is 10.1. The Morgan fingerprint density at radius 1 is 1.24 bits per heavy atom. The van der Waals surface area contributed by atoms with Gasteiger partial charge in [0.1, 0.15) is 5.75 Å². The third-order valence-corrected chi connectivity index (χ3v) is 4.51. The molecule has 1 aromatic carbocycles. The minimum absolute atomic E-state index is 0.0153. The van der Waals surface area contributed by atoms with E-state index in [1.165, 1.54) is 4.90 Å². The van der Waals surface area contributed by atoms with E-state index in [4.69, 9.17) is 14.6 Å². The van der Waals surface area contributed by atoms with Crippen molar-refractivity contribution in [3.63, 3.8) is 0 Å². The first-order valence-electron chi connectivity index (χ1n) is 8.07. The quantitative estimate of drug-likeness (QED) is 0.844. The van der Waals surface area contributed by atoms with Crippen LogP contribution in [-0.2, 0) is 19.1 Å². The highest BCUT2D eigenvalue weighted by atomic mass is 16.5. The molecule has 0 bridgehead atoms. The van der Waals surface area contributed by atoms with Gasteiger partial charge in [0.25, 0.3) is 0 Å². The summed E-state index contributed by atoms with van der Waals surface area (Å²) in [7, 11) is 1.57. The molecule has 2 saturated heterocycles. The molecule has 1 N–H and O–H groups in total. The topological polar surface area (TPSA) is 96.4 Å². The highest BCUT2D eigenvalue weighted by Crippen LogP contribution is 2.28. The fraction of sp³-hybridized carbons (Fsp3) is 0.471. The van der Waals surface area contributed by atoms with Crippen LogP contribution in [0.4, 0.5) is 5.69 Å². The Hall–Kier alpha value is -2.61. The normalized spacial score (nSPS) is 23.6. The molecule has 2 heterocycles. The zero-order chi connectivity index (χ0) is 18.0. The van der Waals surface area contributed by atoms with Crippen LogP contribution in [0.1, 0.15) is 6.42 Å². The number of ether oxygens (including phenoxy) is 2. The highest BCUT2D eigenvalue weighted by Gasteiger charge is 2.39. The zero-order valence-corrected chi connectivity index (χ0v) is 13.9. The van der Waals surface area contributed by atoms with E-state index in [0.29, 0.717) is 24.5 Å². The van der Waals surface area contributed by atoms with Gasteiger partial charge in [-0.3, -0.25) is 9.59 Å². The molecule has 2 aliphatic rings. The third kappa shape index (κ3) is 3.58. The number of rotatable bonds is 4. The molecule has 8 heteroatoms. The van der Waals surface area contributed by atoms with E-state index in [1.807, 2.05) is 0 Å². The summed E-state index contributed by atoms with van der Waals surface area (Å²) >= 11 is 0. The Morgan fingerprint density at radius 3 is 2.60 bits per heavy atom. The average molecular weight is 348 g/mol.